The van der Waals surface area contributed by atoms with E-state index in [9.17, 15) is 9.59 Å². The molecule has 35 heavy (non-hydrogen) atoms. The van der Waals surface area contributed by atoms with Crippen LogP contribution in [0.15, 0.2) is 89.9 Å². The molecule has 0 spiro atoms. The SMILES string of the molecule is O=C(NCc1ccc(Cn2ccccc2=O)cc1)c1cc(-c2ccccc2)c(N2CCOCC2)s1. The number of anilines is 1. The van der Waals surface area contributed by atoms with Gasteiger partial charge in [0.25, 0.3) is 11.5 Å². The molecule has 1 amide bonds. The molecule has 2 aromatic carbocycles. The fraction of sp³-hybridized carbons (Fsp3) is 0.214. The van der Waals surface area contributed by atoms with Gasteiger partial charge in [0.05, 0.1) is 29.6 Å². The van der Waals surface area contributed by atoms with E-state index in [1.54, 1.807) is 22.9 Å². The van der Waals surface area contributed by atoms with E-state index in [1.165, 1.54) is 11.3 Å². The Morgan fingerprint density at radius 2 is 1.63 bits per heavy atom. The van der Waals surface area contributed by atoms with Crippen LogP contribution in [0.4, 0.5) is 5.00 Å². The fourth-order valence-corrected chi connectivity index (χ4v) is 5.29. The Bertz CT molecular complexity index is 1340. The van der Waals surface area contributed by atoms with Crippen molar-refractivity contribution in [3.8, 4) is 11.1 Å². The second kappa shape index (κ2) is 10.7. The quantitative estimate of drug-likeness (QED) is 0.422. The molecule has 5 rings (SSSR count). The lowest BCUT2D eigenvalue weighted by Gasteiger charge is -2.28. The predicted molar refractivity (Wildman–Crippen MR) is 140 cm³/mol. The zero-order valence-electron chi connectivity index (χ0n) is 19.4. The second-order valence-corrected chi connectivity index (χ2v) is 9.49. The lowest BCUT2D eigenvalue weighted by atomic mass is 10.1. The number of thiophene rings is 1. The van der Waals surface area contributed by atoms with Gasteiger partial charge in [0.15, 0.2) is 0 Å². The van der Waals surface area contributed by atoms with Gasteiger partial charge in [-0.2, -0.15) is 0 Å². The first-order valence-corrected chi connectivity index (χ1v) is 12.5. The molecule has 0 saturated carbocycles. The number of benzene rings is 2. The highest BCUT2D eigenvalue weighted by Gasteiger charge is 2.21. The standard InChI is InChI=1S/C28H27N3O3S/c32-26-8-4-5-13-31(26)20-22-11-9-21(10-12-22)19-29-27(33)25-18-24(23-6-2-1-3-7-23)28(35-25)30-14-16-34-17-15-30/h1-13,18H,14-17,19-20H2,(H,29,33). The van der Waals surface area contributed by atoms with Crippen molar-refractivity contribution < 1.29 is 9.53 Å². The Morgan fingerprint density at radius 3 is 2.37 bits per heavy atom. The smallest absolute Gasteiger partial charge is 0.261 e. The summed E-state index contributed by atoms with van der Waals surface area (Å²) >= 11 is 1.54. The molecular formula is C28H27N3O3S. The van der Waals surface area contributed by atoms with Crippen molar-refractivity contribution in [1.82, 2.24) is 9.88 Å². The third-order valence-corrected chi connectivity index (χ3v) is 7.24. The molecule has 7 heteroatoms. The largest absolute Gasteiger partial charge is 0.378 e. The average Bonchev–Trinajstić information content (AvgIpc) is 3.36. The van der Waals surface area contributed by atoms with Crippen LogP contribution in [0.1, 0.15) is 20.8 Å². The Labute approximate surface area is 208 Å². The molecule has 0 radical (unpaired) electrons. The number of carbonyl (C=O) groups is 1. The minimum absolute atomic E-state index is 0.0221. The fourth-order valence-electron chi connectivity index (χ4n) is 4.14. The first-order chi connectivity index (χ1) is 17.2. The van der Waals surface area contributed by atoms with Gasteiger partial charge in [-0.3, -0.25) is 9.59 Å². The van der Waals surface area contributed by atoms with Crippen molar-refractivity contribution in [3.63, 3.8) is 0 Å². The van der Waals surface area contributed by atoms with E-state index < -0.39 is 0 Å². The van der Waals surface area contributed by atoms with Crippen LogP contribution in [0.2, 0.25) is 0 Å². The first kappa shape index (κ1) is 23.1. The monoisotopic (exact) mass is 485 g/mol. The molecule has 0 bridgehead atoms. The molecule has 3 heterocycles. The molecule has 0 atom stereocenters. The third kappa shape index (κ3) is 5.53. The van der Waals surface area contributed by atoms with Gasteiger partial charge in [-0.1, -0.05) is 60.7 Å². The van der Waals surface area contributed by atoms with Gasteiger partial charge in [-0.05, 0) is 28.8 Å². The molecule has 0 aliphatic carbocycles. The number of carbonyl (C=O) groups excluding carboxylic acids is 1. The van der Waals surface area contributed by atoms with E-state index in [0.29, 0.717) is 31.2 Å². The number of aromatic nitrogens is 1. The van der Waals surface area contributed by atoms with Gasteiger partial charge in [-0.15, -0.1) is 11.3 Å². The highest BCUT2D eigenvalue weighted by molar-refractivity contribution is 7.18. The summed E-state index contributed by atoms with van der Waals surface area (Å²) in [6, 6.07) is 25.3. The van der Waals surface area contributed by atoms with E-state index in [0.717, 1.165) is 40.3 Å². The van der Waals surface area contributed by atoms with Gasteiger partial charge in [-0.25, -0.2) is 0 Å². The second-order valence-electron chi connectivity index (χ2n) is 8.46. The Kier molecular flexibility index (Phi) is 7.07. The Morgan fingerprint density at radius 1 is 0.914 bits per heavy atom. The van der Waals surface area contributed by atoms with Crippen LogP contribution in [-0.4, -0.2) is 36.8 Å². The Hall–Kier alpha value is -3.68. The number of hydrogen-bond donors (Lipinski definition) is 1. The van der Waals surface area contributed by atoms with E-state index in [-0.39, 0.29) is 11.5 Å². The zero-order valence-corrected chi connectivity index (χ0v) is 20.2. The number of nitrogens with zero attached hydrogens (tertiary/aromatic N) is 2. The number of morpholine rings is 1. The summed E-state index contributed by atoms with van der Waals surface area (Å²) in [7, 11) is 0. The summed E-state index contributed by atoms with van der Waals surface area (Å²) in [5.74, 6) is -0.0772. The third-order valence-electron chi connectivity index (χ3n) is 6.05. The van der Waals surface area contributed by atoms with Crippen molar-refractivity contribution in [2.45, 2.75) is 13.1 Å². The molecule has 1 aliphatic rings. The van der Waals surface area contributed by atoms with Crippen molar-refractivity contribution >= 4 is 22.2 Å². The van der Waals surface area contributed by atoms with Gasteiger partial charge in [0, 0.05) is 37.5 Å². The minimum Gasteiger partial charge on any atom is -0.378 e. The van der Waals surface area contributed by atoms with Crippen LogP contribution in [-0.2, 0) is 17.8 Å². The average molecular weight is 486 g/mol. The molecule has 1 aliphatic heterocycles. The first-order valence-electron chi connectivity index (χ1n) is 11.7. The highest BCUT2D eigenvalue weighted by Crippen LogP contribution is 2.39. The molecule has 1 fully saturated rings. The molecule has 1 N–H and O–H groups in total. The van der Waals surface area contributed by atoms with Gasteiger partial charge in [0.2, 0.25) is 0 Å². The van der Waals surface area contributed by atoms with Crippen molar-refractivity contribution in [2.75, 3.05) is 31.2 Å². The summed E-state index contributed by atoms with van der Waals surface area (Å²) in [6.07, 6.45) is 1.78. The van der Waals surface area contributed by atoms with E-state index in [1.807, 2.05) is 54.6 Å². The number of rotatable bonds is 7. The number of pyridine rings is 1. The maximum absolute atomic E-state index is 13.1. The number of nitrogens with one attached hydrogen (secondary N) is 1. The summed E-state index contributed by atoms with van der Waals surface area (Å²) in [5.41, 5.74) is 4.22. The van der Waals surface area contributed by atoms with Crippen molar-refractivity contribution in [3.05, 3.63) is 111 Å². The normalized spacial score (nSPS) is 13.5. The topological polar surface area (TPSA) is 63.6 Å². The van der Waals surface area contributed by atoms with Gasteiger partial charge in [0.1, 0.15) is 0 Å². The van der Waals surface area contributed by atoms with Crippen molar-refractivity contribution in [1.29, 1.82) is 0 Å². The summed E-state index contributed by atoms with van der Waals surface area (Å²) in [5, 5.41) is 4.18. The molecule has 4 aromatic rings. The number of hydrogen-bond acceptors (Lipinski definition) is 5. The molecule has 1 saturated heterocycles. The van der Waals surface area contributed by atoms with Crippen LogP contribution in [0.25, 0.3) is 11.1 Å². The van der Waals surface area contributed by atoms with E-state index in [2.05, 4.69) is 22.3 Å². The predicted octanol–water partition coefficient (Wildman–Crippen LogP) is 4.39. The Balaban J connectivity index is 1.28. The van der Waals surface area contributed by atoms with Crippen molar-refractivity contribution in [2.24, 2.45) is 0 Å². The van der Waals surface area contributed by atoms with Crippen LogP contribution in [0.3, 0.4) is 0 Å². The zero-order chi connectivity index (χ0) is 24.0. The van der Waals surface area contributed by atoms with Crippen LogP contribution in [0, 0.1) is 0 Å². The van der Waals surface area contributed by atoms with Crippen LogP contribution >= 0.6 is 11.3 Å². The van der Waals surface area contributed by atoms with E-state index >= 15 is 0 Å². The van der Waals surface area contributed by atoms with Gasteiger partial charge < -0.3 is 19.5 Å². The number of ether oxygens (including phenoxy) is 1. The lowest BCUT2D eigenvalue weighted by molar-refractivity contribution is 0.0955. The number of amides is 1. The van der Waals surface area contributed by atoms with Crippen LogP contribution < -0.4 is 15.8 Å². The molecule has 178 valence electrons. The summed E-state index contributed by atoms with van der Waals surface area (Å²) < 4.78 is 7.19. The molecule has 2 aromatic heterocycles. The summed E-state index contributed by atoms with van der Waals surface area (Å²) in [6.45, 7) is 4.00. The molecule has 0 unspecified atom stereocenters. The minimum atomic E-state index is -0.0772. The van der Waals surface area contributed by atoms with E-state index in [4.69, 9.17) is 4.74 Å². The highest BCUT2D eigenvalue weighted by atomic mass is 32.1. The molecular weight excluding hydrogens is 458 g/mol. The van der Waals surface area contributed by atoms with Crippen LogP contribution in [0.5, 0.6) is 0 Å². The summed E-state index contributed by atoms with van der Waals surface area (Å²) in [4.78, 5) is 28.0. The van der Waals surface area contributed by atoms with Gasteiger partial charge >= 0.3 is 0 Å². The maximum atomic E-state index is 13.1. The maximum Gasteiger partial charge on any atom is 0.261 e. The lowest BCUT2D eigenvalue weighted by Crippen LogP contribution is -2.35. The molecule has 6 nitrogen and oxygen atoms in total.